The number of rotatable bonds is 8. The first-order chi connectivity index (χ1) is 21.8. The van der Waals surface area contributed by atoms with Gasteiger partial charge in [-0.05, 0) is 57.0 Å². The Balaban J connectivity index is 1.22. The van der Waals surface area contributed by atoms with Crippen molar-refractivity contribution >= 4 is 56.1 Å². The molecule has 2 saturated heterocycles. The molecule has 1 amide bonds. The maximum Gasteiger partial charge on any atom is 0.237 e. The summed E-state index contributed by atoms with van der Waals surface area (Å²) in [6.45, 7) is 13.1. The van der Waals surface area contributed by atoms with E-state index in [1.165, 1.54) is 9.77 Å². The lowest BCUT2D eigenvalue weighted by Gasteiger charge is -2.42. The van der Waals surface area contributed by atoms with Crippen molar-refractivity contribution in [1.29, 1.82) is 0 Å². The van der Waals surface area contributed by atoms with Gasteiger partial charge in [0.2, 0.25) is 5.91 Å². The highest BCUT2D eigenvalue weighted by Gasteiger charge is 2.35. The topological polar surface area (TPSA) is 106 Å². The Labute approximate surface area is 271 Å². The lowest BCUT2D eigenvalue weighted by molar-refractivity contribution is -0.129. The van der Waals surface area contributed by atoms with E-state index in [1.807, 2.05) is 32.3 Å². The van der Waals surface area contributed by atoms with E-state index in [9.17, 15) is 4.79 Å². The number of primary amides is 1. The quantitative estimate of drug-likeness (QED) is 0.256. The van der Waals surface area contributed by atoms with Crippen molar-refractivity contribution in [2.45, 2.75) is 37.8 Å². The van der Waals surface area contributed by atoms with Gasteiger partial charge < -0.3 is 15.4 Å². The molecule has 2 aliphatic rings. The lowest BCUT2D eigenvalue weighted by atomic mass is 10.0. The van der Waals surface area contributed by atoms with E-state index in [1.54, 1.807) is 23.3 Å². The molecule has 0 spiro atoms. The Kier molecular flexibility index (Phi) is 8.25. The van der Waals surface area contributed by atoms with Crippen LogP contribution in [0.3, 0.4) is 0 Å². The predicted octanol–water partition coefficient (Wildman–Crippen LogP) is 4.79. The van der Waals surface area contributed by atoms with Crippen LogP contribution in [-0.4, -0.2) is 92.7 Å². The number of hydrogen-bond donors (Lipinski definition) is 1. The standard InChI is InChI=1S/C33H38N8O2S2/c1-22-17-25-26(19-35-20-28(25)41(22)45-23-7-5-4-6-8-23)30-36-27-18-24(44-29(27)31(37-30)39-13-15-43-16-14-39)21-38-9-11-40(12-10-38)33(2,3)32(34)42/h4-8,17-20H,9-16,21H2,1-3H3,(H2,34,42). The molecule has 1 aromatic carbocycles. The van der Waals surface area contributed by atoms with Crippen LogP contribution in [-0.2, 0) is 16.1 Å². The molecule has 4 aromatic heterocycles. The number of hydrogen-bond acceptors (Lipinski definition) is 10. The Morgan fingerprint density at radius 3 is 2.51 bits per heavy atom. The molecule has 0 saturated carbocycles. The second-order valence-electron chi connectivity index (χ2n) is 12.2. The fourth-order valence-corrected chi connectivity index (χ4v) is 8.20. The number of carbonyl (C=O) groups is 1. The van der Waals surface area contributed by atoms with Crippen LogP contribution < -0.4 is 10.6 Å². The summed E-state index contributed by atoms with van der Waals surface area (Å²) >= 11 is 3.47. The number of fused-ring (bicyclic) bond motifs is 2. The third-order valence-electron chi connectivity index (χ3n) is 8.90. The van der Waals surface area contributed by atoms with Gasteiger partial charge >= 0.3 is 0 Å². The van der Waals surface area contributed by atoms with Crippen molar-refractivity contribution < 1.29 is 9.53 Å². The maximum atomic E-state index is 12.0. The van der Waals surface area contributed by atoms with E-state index in [4.69, 9.17) is 20.4 Å². The smallest absolute Gasteiger partial charge is 0.237 e. The number of anilines is 1. The summed E-state index contributed by atoms with van der Waals surface area (Å²) < 4.78 is 9.03. The zero-order valence-electron chi connectivity index (χ0n) is 25.9. The van der Waals surface area contributed by atoms with E-state index >= 15 is 0 Å². The highest BCUT2D eigenvalue weighted by Crippen LogP contribution is 2.38. The zero-order chi connectivity index (χ0) is 31.1. The summed E-state index contributed by atoms with van der Waals surface area (Å²) in [6, 6.07) is 14.8. The number of carbonyl (C=O) groups excluding carboxylic acids is 1. The van der Waals surface area contributed by atoms with Gasteiger partial charge in [0.1, 0.15) is 0 Å². The summed E-state index contributed by atoms with van der Waals surface area (Å²) in [5.41, 5.74) is 9.11. The van der Waals surface area contributed by atoms with E-state index in [0.717, 1.165) is 84.0 Å². The molecule has 45 heavy (non-hydrogen) atoms. The molecule has 0 unspecified atom stereocenters. The minimum Gasteiger partial charge on any atom is -0.378 e. The van der Waals surface area contributed by atoms with Crippen LogP contribution in [0, 0.1) is 6.92 Å². The molecule has 12 heteroatoms. The first-order valence-electron chi connectivity index (χ1n) is 15.4. The van der Waals surface area contributed by atoms with Gasteiger partial charge in [0, 0.05) is 78.4 Å². The normalized spacial score (nSPS) is 17.0. The monoisotopic (exact) mass is 642 g/mol. The van der Waals surface area contributed by atoms with Gasteiger partial charge in [-0.3, -0.25) is 23.6 Å². The molecule has 234 valence electrons. The summed E-state index contributed by atoms with van der Waals surface area (Å²) in [5, 5.41) is 1.09. The number of aryl methyl sites for hydroxylation is 1. The Morgan fingerprint density at radius 1 is 1.02 bits per heavy atom. The zero-order valence-corrected chi connectivity index (χ0v) is 27.5. The average Bonchev–Trinajstić information content (AvgIpc) is 3.61. The lowest BCUT2D eigenvalue weighted by Crippen LogP contribution is -2.59. The summed E-state index contributed by atoms with van der Waals surface area (Å²) in [7, 11) is 0. The van der Waals surface area contributed by atoms with Crippen molar-refractivity contribution in [3.8, 4) is 11.4 Å². The Morgan fingerprint density at radius 2 is 1.78 bits per heavy atom. The van der Waals surface area contributed by atoms with Crippen LogP contribution in [0.2, 0.25) is 0 Å². The van der Waals surface area contributed by atoms with Crippen molar-refractivity contribution in [3.63, 3.8) is 0 Å². The summed E-state index contributed by atoms with van der Waals surface area (Å²) in [4.78, 5) is 36.4. The number of pyridine rings is 1. The molecule has 2 N–H and O–H groups in total. The first kappa shape index (κ1) is 30.1. The third kappa shape index (κ3) is 5.93. The molecule has 2 fully saturated rings. The number of morpholine rings is 1. The average molecular weight is 643 g/mol. The largest absolute Gasteiger partial charge is 0.378 e. The van der Waals surface area contributed by atoms with Gasteiger partial charge in [-0.1, -0.05) is 18.2 Å². The van der Waals surface area contributed by atoms with Crippen molar-refractivity contribution in [2.24, 2.45) is 5.73 Å². The second kappa shape index (κ2) is 12.3. The number of ether oxygens (including phenoxy) is 1. The Hall–Kier alpha value is -3.55. The molecule has 0 bridgehead atoms. The minimum absolute atomic E-state index is 0.280. The van der Waals surface area contributed by atoms with Crippen LogP contribution in [0.5, 0.6) is 0 Å². The fraction of sp³-hybridized carbons (Fsp3) is 0.394. The fourth-order valence-electron chi connectivity index (χ4n) is 6.11. The molecule has 7 rings (SSSR count). The maximum absolute atomic E-state index is 12.0. The Bertz CT molecular complexity index is 1840. The van der Waals surface area contributed by atoms with E-state index in [0.29, 0.717) is 19.0 Å². The van der Waals surface area contributed by atoms with Gasteiger partial charge in [-0.25, -0.2) is 9.97 Å². The van der Waals surface area contributed by atoms with Crippen molar-refractivity contribution in [3.05, 3.63) is 65.4 Å². The van der Waals surface area contributed by atoms with Gasteiger partial charge in [0.15, 0.2) is 11.6 Å². The second-order valence-corrected chi connectivity index (χ2v) is 14.3. The molecule has 5 aromatic rings. The number of piperazine rings is 1. The van der Waals surface area contributed by atoms with Crippen molar-refractivity contribution in [2.75, 3.05) is 57.4 Å². The van der Waals surface area contributed by atoms with Crippen LogP contribution in [0.1, 0.15) is 24.4 Å². The molecule has 6 heterocycles. The van der Waals surface area contributed by atoms with Gasteiger partial charge in [-0.15, -0.1) is 11.3 Å². The third-order valence-corrected chi connectivity index (χ3v) is 11.2. The molecular formula is C33H38N8O2S2. The van der Waals surface area contributed by atoms with Gasteiger partial charge in [0.25, 0.3) is 0 Å². The highest BCUT2D eigenvalue weighted by molar-refractivity contribution is 7.98. The molecule has 10 nitrogen and oxygen atoms in total. The number of amides is 1. The number of thiophene rings is 1. The molecule has 0 radical (unpaired) electrons. The van der Waals surface area contributed by atoms with Gasteiger partial charge in [0.05, 0.1) is 40.7 Å². The SMILES string of the molecule is Cc1cc2c(-c3nc(N4CCOCC4)c4sc(CN5CCN(C(C)(C)C(N)=O)CC5)cc4n3)cncc2n1Sc1ccccc1. The minimum atomic E-state index is -0.639. The molecule has 0 aliphatic carbocycles. The van der Waals surface area contributed by atoms with Crippen LogP contribution in [0.25, 0.3) is 32.5 Å². The summed E-state index contributed by atoms with van der Waals surface area (Å²) in [5.74, 6) is 1.38. The molecular weight excluding hydrogens is 605 g/mol. The van der Waals surface area contributed by atoms with Crippen LogP contribution >= 0.6 is 23.3 Å². The predicted molar refractivity (Wildman–Crippen MR) is 182 cm³/mol. The number of benzene rings is 1. The van der Waals surface area contributed by atoms with E-state index in [2.05, 4.69) is 67.0 Å². The summed E-state index contributed by atoms with van der Waals surface area (Å²) in [6.07, 6.45) is 3.82. The molecule has 2 aliphatic heterocycles. The van der Waals surface area contributed by atoms with E-state index in [-0.39, 0.29) is 5.91 Å². The highest BCUT2D eigenvalue weighted by atomic mass is 32.2. The van der Waals surface area contributed by atoms with Crippen molar-refractivity contribution in [1.82, 2.24) is 28.7 Å². The number of aromatic nitrogens is 4. The molecule has 0 atom stereocenters. The van der Waals surface area contributed by atoms with E-state index < -0.39 is 5.54 Å². The van der Waals surface area contributed by atoms with Crippen LogP contribution in [0.4, 0.5) is 5.82 Å². The number of nitrogens with zero attached hydrogens (tertiary/aromatic N) is 7. The number of nitrogens with two attached hydrogens (primary N) is 1. The van der Waals surface area contributed by atoms with Crippen LogP contribution in [0.15, 0.2) is 59.8 Å². The first-order valence-corrected chi connectivity index (χ1v) is 17.0. The van der Waals surface area contributed by atoms with Gasteiger partial charge in [-0.2, -0.15) is 0 Å².